The van der Waals surface area contributed by atoms with E-state index in [1.807, 2.05) is 19.9 Å². The lowest BCUT2D eigenvalue weighted by Crippen LogP contribution is -2.32. The van der Waals surface area contributed by atoms with Gasteiger partial charge >= 0.3 is 0 Å². The van der Waals surface area contributed by atoms with E-state index in [1.54, 1.807) is 12.1 Å². The second-order valence-electron chi connectivity index (χ2n) is 4.81. The molecule has 1 rings (SSSR count). The Morgan fingerprint density at radius 1 is 1.29 bits per heavy atom. The summed E-state index contributed by atoms with van der Waals surface area (Å²) in [7, 11) is 0. The lowest BCUT2D eigenvalue weighted by Gasteiger charge is -2.33. The van der Waals surface area contributed by atoms with E-state index in [0.29, 0.717) is 10.0 Å². The normalized spacial score (nSPS) is 15.0. The third-order valence-electron chi connectivity index (χ3n) is 3.26. The van der Waals surface area contributed by atoms with Gasteiger partial charge in [0, 0.05) is 15.6 Å². The lowest BCUT2D eigenvalue weighted by atomic mass is 9.79. The first-order valence-electron chi connectivity index (χ1n) is 6.09. The fraction of sp³-hybridized carbons (Fsp3) is 0.571. The first-order chi connectivity index (χ1) is 7.91. The minimum Gasteiger partial charge on any atom is -0.385 e. The molecule has 96 valence electrons. The Hall–Kier alpha value is -0.240. The van der Waals surface area contributed by atoms with E-state index in [4.69, 9.17) is 23.2 Å². The number of rotatable bonds is 5. The van der Waals surface area contributed by atoms with Crippen LogP contribution < -0.4 is 0 Å². The highest BCUT2D eigenvalue weighted by atomic mass is 35.5. The summed E-state index contributed by atoms with van der Waals surface area (Å²) in [5.41, 5.74) is -0.0791. The molecule has 1 atom stereocenters. The number of unbranched alkanes of at least 4 members (excludes halogenated alkanes) is 1. The highest BCUT2D eigenvalue weighted by Crippen LogP contribution is 2.39. The van der Waals surface area contributed by atoms with Crippen molar-refractivity contribution in [2.45, 2.75) is 45.6 Å². The minimum absolute atomic E-state index is 0.118. The van der Waals surface area contributed by atoms with Crippen LogP contribution in [0.15, 0.2) is 18.2 Å². The maximum atomic E-state index is 10.8. The monoisotopic (exact) mass is 274 g/mol. The van der Waals surface area contributed by atoms with Gasteiger partial charge in [0.2, 0.25) is 0 Å². The topological polar surface area (TPSA) is 20.2 Å². The van der Waals surface area contributed by atoms with Gasteiger partial charge in [0.25, 0.3) is 0 Å². The molecule has 0 heterocycles. The molecular weight excluding hydrogens is 255 g/mol. The number of benzene rings is 1. The van der Waals surface area contributed by atoms with Gasteiger partial charge in [-0.2, -0.15) is 0 Å². The fourth-order valence-electron chi connectivity index (χ4n) is 2.02. The molecule has 1 aromatic carbocycles. The smallest absolute Gasteiger partial charge is 0.0933 e. The SMILES string of the molecule is CCCCC(O)(c1ccc(Cl)cc1Cl)C(C)C. The second kappa shape index (κ2) is 6.08. The van der Waals surface area contributed by atoms with Crippen LogP contribution in [-0.4, -0.2) is 5.11 Å². The molecule has 0 aromatic heterocycles. The predicted molar refractivity (Wildman–Crippen MR) is 74.7 cm³/mol. The van der Waals surface area contributed by atoms with Crippen LogP contribution in [-0.2, 0) is 5.60 Å². The van der Waals surface area contributed by atoms with Crippen LogP contribution in [0.4, 0.5) is 0 Å². The van der Waals surface area contributed by atoms with Crippen molar-refractivity contribution in [2.75, 3.05) is 0 Å². The van der Waals surface area contributed by atoms with Crippen molar-refractivity contribution >= 4 is 23.2 Å². The van der Waals surface area contributed by atoms with Crippen molar-refractivity contribution in [1.29, 1.82) is 0 Å². The van der Waals surface area contributed by atoms with E-state index in [2.05, 4.69) is 6.92 Å². The molecule has 1 N–H and O–H groups in total. The molecule has 0 aliphatic carbocycles. The van der Waals surface area contributed by atoms with E-state index >= 15 is 0 Å². The average molecular weight is 275 g/mol. The summed E-state index contributed by atoms with van der Waals surface area (Å²) in [4.78, 5) is 0. The minimum atomic E-state index is -0.863. The van der Waals surface area contributed by atoms with Gasteiger partial charge in [-0.15, -0.1) is 0 Å². The number of hydrogen-bond donors (Lipinski definition) is 1. The van der Waals surface area contributed by atoms with Crippen LogP contribution in [0.3, 0.4) is 0 Å². The van der Waals surface area contributed by atoms with Crippen LogP contribution >= 0.6 is 23.2 Å². The Kier molecular flexibility index (Phi) is 5.30. The zero-order valence-electron chi connectivity index (χ0n) is 10.6. The van der Waals surface area contributed by atoms with E-state index in [0.717, 1.165) is 24.8 Å². The molecule has 0 aliphatic heterocycles. The molecule has 3 heteroatoms. The molecule has 0 amide bonds. The van der Waals surface area contributed by atoms with Crippen molar-refractivity contribution in [3.05, 3.63) is 33.8 Å². The maximum absolute atomic E-state index is 10.8. The van der Waals surface area contributed by atoms with Crippen molar-refractivity contribution < 1.29 is 5.11 Å². The van der Waals surface area contributed by atoms with Gasteiger partial charge in [-0.3, -0.25) is 0 Å². The van der Waals surface area contributed by atoms with Crippen molar-refractivity contribution in [3.8, 4) is 0 Å². The van der Waals surface area contributed by atoms with Gasteiger partial charge in [0.15, 0.2) is 0 Å². The lowest BCUT2D eigenvalue weighted by molar-refractivity contribution is -0.0202. The van der Waals surface area contributed by atoms with Gasteiger partial charge in [0.05, 0.1) is 5.60 Å². The van der Waals surface area contributed by atoms with Crippen molar-refractivity contribution in [2.24, 2.45) is 5.92 Å². The Bertz CT molecular complexity index is 376. The molecule has 0 radical (unpaired) electrons. The van der Waals surface area contributed by atoms with Gasteiger partial charge in [-0.25, -0.2) is 0 Å². The largest absolute Gasteiger partial charge is 0.385 e. The van der Waals surface area contributed by atoms with Gasteiger partial charge in [-0.05, 0) is 24.5 Å². The van der Waals surface area contributed by atoms with Crippen LogP contribution in [0.2, 0.25) is 10.0 Å². The third-order valence-corrected chi connectivity index (χ3v) is 3.81. The molecule has 0 aliphatic rings. The van der Waals surface area contributed by atoms with Crippen molar-refractivity contribution in [3.63, 3.8) is 0 Å². The highest BCUT2D eigenvalue weighted by Gasteiger charge is 2.34. The first kappa shape index (κ1) is 14.8. The molecule has 0 saturated heterocycles. The number of aliphatic hydroxyl groups is 1. The average Bonchev–Trinajstić information content (AvgIpc) is 2.25. The molecule has 0 bridgehead atoms. The Labute approximate surface area is 114 Å². The van der Waals surface area contributed by atoms with Gasteiger partial charge in [-0.1, -0.05) is 62.9 Å². The van der Waals surface area contributed by atoms with Crippen LogP contribution in [0, 0.1) is 5.92 Å². The first-order valence-corrected chi connectivity index (χ1v) is 6.85. The summed E-state index contributed by atoms with van der Waals surface area (Å²) in [6, 6.07) is 5.31. The zero-order chi connectivity index (χ0) is 13.1. The summed E-state index contributed by atoms with van der Waals surface area (Å²) in [5, 5.41) is 12.0. The summed E-state index contributed by atoms with van der Waals surface area (Å²) < 4.78 is 0. The quantitative estimate of drug-likeness (QED) is 0.799. The number of halogens is 2. The summed E-state index contributed by atoms with van der Waals surface area (Å²) in [6.07, 6.45) is 2.76. The standard InChI is InChI=1S/C14H20Cl2O/c1-4-5-8-14(17,10(2)3)12-7-6-11(15)9-13(12)16/h6-7,9-10,17H,4-5,8H2,1-3H3. The zero-order valence-corrected chi connectivity index (χ0v) is 12.1. The van der Waals surface area contributed by atoms with E-state index in [1.165, 1.54) is 0 Å². The molecule has 1 aromatic rings. The van der Waals surface area contributed by atoms with E-state index in [9.17, 15) is 5.11 Å². The van der Waals surface area contributed by atoms with Gasteiger partial charge in [0.1, 0.15) is 0 Å². The molecule has 0 fully saturated rings. The highest BCUT2D eigenvalue weighted by molar-refractivity contribution is 6.35. The van der Waals surface area contributed by atoms with Crippen LogP contribution in [0.5, 0.6) is 0 Å². The van der Waals surface area contributed by atoms with Crippen LogP contribution in [0.25, 0.3) is 0 Å². The Morgan fingerprint density at radius 2 is 1.94 bits per heavy atom. The molecule has 1 unspecified atom stereocenters. The maximum Gasteiger partial charge on any atom is 0.0933 e. The molecule has 1 nitrogen and oxygen atoms in total. The number of hydrogen-bond acceptors (Lipinski definition) is 1. The summed E-state index contributed by atoms with van der Waals surface area (Å²) in [5.74, 6) is 0.118. The second-order valence-corrected chi connectivity index (χ2v) is 5.65. The van der Waals surface area contributed by atoms with Crippen molar-refractivity contribution in [1.82, 2.24) is 0 Å². The fourth-order valence-corrected chi connectivity index (χ4v) is 2.59. The summed E-state index contributed by atoms with van der Waals surface area (Å²) >= 11 is 12.1. The van der Waals surface area contributed by atoms with Crippen LogP contribution in [0.1, 0.15) is 45.6 Å². The van der Waals surface area contributed by atoms with E-state index in [-0.39, 0.29) is 5.92 Å². The predicted octanol–water partition coefficient (Wildman–Crippen LogP) is 5.03. The third kappa shape index (κ3) is 3.37. The van der Waals surface area contributed by atoms with E-state index < -0.39 is 5.60 Å². The molecular formula is C14H20Cl2O. The Morgan fingerprint density at radius 3 is 2.41 bits per heavy atom. The summed E-state index contributed by atoms with van der Waals surface area (Å²) in [6.45, 7) is 6.14. The Balaban J connectivity index is 3.13. The van der Waals surface area contributed by atoms with Gasteiger partial charge < -0.3 is 5.11 Å². The molecule has 0 saturated carbocycles. The molecule has 0 spiro atoms. The molecule has 17 heavy (non-hydrogen) atoms.